The summed E-state index contributed by atoms with van der Waals surface area (Å²) in [5, 5.41) is 39.8. The largest absolute Gasteiger partial charge is 0.481 e. The van der Waals surface area contributed by atoms with Crippen LogP contribution in [-0.4, -0.2) is 66.7 Å². The first kappa shape index (κ1) is 30.5. The molecule has 2 aliphatic heterocycles. The molecule has 6 aliphatic carbocycles. The Morgan fingerprint density at radius 2 is 0.727 bits per heavy atom. The average Bonchev–Trinajstić information content (AvgIpc) is 3.30. The molecule has 0 aromatic heterocycles. The maximum Gasteiger partial charge on any atom is 0.336 e. The normalized spacial score (nSPS) is 50.0. The molecule has 0 radical (unpaired) electrons. The average molecular weight is 617 g/mol. The molecule has 8 bridgehead atoms. The molecule has 4 N–H and O–H groups in total. The minimum Gasteiger partial charge on any atom is -0.481 e. The van der Waals surface area contributed by atoms with Gasteiger partial charge in [-0.1, -0.05) is 25.7 Å². The van der Waals surface area contributed by atoms with E-state index in [0.29, 0.717) is 38.5 Å². The van der Waals surface area contributed by atoms with Gasteiger partial charge in [0.25, 0.3) is 0 Å². The second kappa shape index (κ2) is 10.1. The summed E-state index contributed by atoms with van der Waals surface area (Å²) in [6.07, 6.45) is 16.1. The predicted molar refractivity (Wildman–Crippen MR) is 155 cm³/mol. The zero-order valence-electron chi connectivity index (χ0n) is 25.7. The topological polar surface area (TPSA) is 168 Å². The molecule has 2 spiro atoms. The third-order valence-electron chi connectivity index (χ3n) is 14.2. The van der Waals surface area contributed by atoms with Gasteiger partial charge in [0.15, 0.2) is 11.2 Å². The third-order valence-corrected chi connectivity index (χ3v) is 14.2. The van der Waals surface area contributed by atoms with Gasteiger partial charge in [-0.05, 0) is 114 Å². The second-order valence-electron chi connectivity index (χ2n) is 15.7. The van der Waals surface area contributed by atoms with Crippen LogP contribution in [-0.2, 0) is 28.7 Å². The van der Waals surface area contributed by atoms with Crippen LogP contribution in [0.25, 0.3) is 0 Å². The van der Waals surface area contributed by atoms with E-state index in [1.54, 1.807) is 0 Å². The van der Waals surface area contributed by atoms with Gasteiger partial charge in [-0.3, -0.25) is 9.59 Å². The highest BCUT2D eigenvalue weighted by Gasteiger charge is 2.78. The van der Waals surface area contributed by atoms with E-state index in [9.17, 15) is 39.6 Å². The number of aliphatic carboxylic acids is 4. The van der Waals surface area contributed by atoms with Crippen molar-refractivity contribution in [2.75, 3.05) is 0 Å². The number of carboxylic acid groups (broad SMARTS) is 4. The molecule has 244 valence electrons. The van der Waals surface area contributed by atoms with Crippen LogP contribution in [0.4, 0.5) is 0 Å². The minimum atomic E-state index is -1.26. The first-order valence-corrected chi connectivity index (χ1v) is 17.3. The lowest BCUT2D eigenvalue weighted by Gasteiger charge is -2.56. The van der Waals surface area contributed by atoms with Gasteiger partial charge in [0.05, 0.1) is 11.2 Å². The summed E-state index contributed by atoms with van der Waals surface area (Å²) in [6, 6.07) is 0. The first-order chi connectivity index (χ1) is 20.9. The van der Waals surface area contributed by atoms with Crippen molar-refractivity contribution in [3.05, 3.63) is 0 Å². The van der Waals surface area contributed by atoms with Crippen molar-refractivity contribution in [2.24, 2.45) is 34.5 Å². The maximum absolute atomic E-state index is 12.3. The van der Waals surface area contributed by atoms with Crippen molar-refractivity contribution in [2.45, 2.75) is 151 Å². The van der Waals surface area contributed by atoms with E-state index >= 15 is 0 Å². The van der Waals surface area contributed by atoms with Gasteiger partial charge in [-0.15, -0.1) is 0 Å². The Balaban J connectivity index is 0.000000142. The van der Waals surface area contributed by atoms with Crippen LogP contribution in [0.15, 0.2) is 0 Å². The first-order valence-electron chi connectivity index (χ1n) is 17.3. The van der Waals surface area contributed by atoms with Gasteiger partial charge in [0, 0.05) is 12.8 Å². The lowest BCUT2D eigenvalue weighted by atomic mass is 9.49. The number of hydrogen-bond acceptors (Lipinski definition) is 6. The van der Waals surface area contributed by atoms with Gasteiger partial charge >= 0.3 is 23.9 Å². The fourth-order valence-corrected chi connectivity index (χ4v) is 12.8. The zero-order valence-corrected chi connectivity index (χ0v) is 25.7. The Morgan fingerprint density at radius 1 is 0.432 bits per heavy atom. The fraction of sp³-hybridized carbons (Fsp3) is 0.882. The van der Waals surface area contributed by atoms with Crippen molar-refractivity contribution in [1.29, 1.82) is 0 Å². The monoisotopic (exact) mass is 616 g/mol. The summed E-state index contributed by atoms with van der Waals surface area (Å²) in [5.41, 5.74) is -5.96. The van der Waals surface area contributed by atoms with E-state index in [2.05, 4.69) is 0 Å². The molecule has 8 rings (SSSR count). The molecule has 10 nitrogen and oxygen atoms in total. The minimum absolute atomic E-state index is 0.164. The molecule has 8 aliphatic rings. The summed E-state index contributed by atoms with van der Waals surface area (Å²) >= 11 is 0. The lowest BCUT2D eigenvalue weighted by molar-refractivity contribution is -0.225. The highest BCUT2D eigenvalue weighted by Crippen LogP contribution is 2.70. The number of carbonyl (C=O) groups is 4. The Hall–Kier alpha value is -2.20. The number of carboxylic acids is 4. The van der Waals surface area contributed by atoms with E-state index in [1.165, 1.54) is 0 Å². The maximum atomic E-state index is 12.3. The number of ether oxygens (including phenoxy) is 2. The molecular formula is C34H48O10. The number of hydrogen-bond donors (Lipinski definition) is 4. The van der Waals surface area contributed by atoms with E-state index in [-0.39, 0.29) is 36.5 Å². The fourth-order valence-electron chi connectivity index (χ4n) is 12.8. The van der Waals surface area contributed by atoms with Gasteiger partial charge in [-0.2, -0.15) is 0 Å². The van der Waals surface area contributed by atoms with E-state index in [1.807, 2.05) is 0 Å². The van der Waals surface area contributed by atoms with Crippen molar-refractivity contribution in [1.82, 2.24) is 0 Å². The van der Waals surface area contributed by atoms with Crippen molar-refractivity contribution >= 4 is 23.9 Å². The third kappa shape index (κ3) is 3.67. The van der Waals surface area contributed by atoms with Crippen LogP contribution in [0.2, 0.25) is 0 Å². The SMILES string of the molecule is O=C(O)[C@@]12CCC[C@@](C(=O)O)(C1)C1(O2)C2CCCC1CCC2.O=C(O)[C@@]12CCC[C@@](C(=O)O)(C1)C1(O2)C2CCCC1CCC2. The summed E-state index contributed by atoms with van der Waals surface area (Å²) < 4.78 is 12.8. The molecule has 0 amide bonds. The molecule has 2 saturated heterocycles. The van der Waals surface area contributed by atoms with Crippen LogP contribution in [0.1, 0.15) is 128 Å². The van der Waals surface area contributed by atoms with Crippen molar-refractivity contribution in [3.8, 4) is 0 Å². The molecule has 6 saturated carbocycles. The molecule has 10 heteroatoms. The van der Waals surface area contributed by atoms with E-state index in [4.69, 9.17) is 9.47 Å². The lowest BCUT2D eigenvalue weighted by Crippen LogP contribution is -2.62. The van der Waals surface area contributed by atoms with Crippen LogP contribution in [0, 0.1) is 34.5 Å². The summed E-state index contributed by atoms with van der Waals surface area (Å²) in [6.45, 7) is 0. The standard InChI is InChI=1S/2C17H24O5/c2*18-13(19)15-8-3-9-16(10-15,14(20)21)22-17(15)11-4-1-5-12(17)7-2-6-11/h2*11-12H,1-10H2,(H,18,19)(H,20,21)/t2*11?,12?,15-,16+,17?/m00/s1. The Kier molecular flexibility index (Phi) is 7.02. The molecule has 0 aromatic carbocycles. The smallest absolute Gasteiger partial charge is 0.336 e. The molecule has 2 heterocycles. The van der Waals surface area contributed by atoms with Crippen LogP contribution < -0.4 is 0 Å². The molecule has 8 fully saturated rings. The predicted octanol–water partition coefficient (Wildman–Crippen LogP) is 5.65. The van der Waals surface area contributed by atoms with E-state index < -0.39 is 57.1 Å². The highest BCUT2D eigenvalue weighted by molar-refractivity contribution is 5.85. The zero-order chi connectivity index (χ0) is 31.2. The molecule has 0 aromatic rings. The Bertz CT molecular complexity index is 1110. The van der Waals surface area contributed by atoms with Gasteiger partial charge in [-0.25, -0.2) is 9.59 Å². The molecule has 44 heavy (non-hydrogen) atoms. The molecule has 4 atom stereocenters. The Morgan fingerprint density at radius 3 is 0.977 bits per heavy atom. The number of rotatable bonds is 4. The summed E-state index contributed by atoms with van der Waals surface area (Å²) in [5.74, 6) is -2.70. The van der Waals surface area contributed by atoms with Crippen LogP contribution in [0.5, 0.6) is 0 Å². The summed E-state index contributed by atoms with van der Waals surface area (Å²) in [7, 11) is 0. The Labute approximate surface area is 258 Å². The molecular weight excluding hydrogens is 568 g/mol. The second-order valence-corrected chi connectivity index (χ2v) is 15.7. The van der Waals surface area contributed by atoms with Crippen molar-refractivity contribution < 1.29 is 49.1 Å². The summed E-state index contributed by atoms with van der Waals surface area (Å²) in [4.78, 5) is 48.5. The van der Waals surface area contributed by atoms with Crippen LogP contribution >= 0.6 is 0 Å². The highest BCUT2D eigenvalue weighted by atomic mass is 16.6. The molecule has 0 unspecified atom stereocenters. The number of fused-ring (bicyclic) bond motifs is 4. The van der Waals surface area contributed by atoms with Gasteiger partial charge in [0.1, 0.15) is 10.8 Å². The van der Waals surface area contributed by atoms with Gasteiger partial charge < -0.3 is 29.9 Å². The van der Waals surface area contributed by atoms with Gasteiger partial charge in [0.2, 0.25) is 0 Å². The van der Waals surface area contributed by atoms with Crippen molar-refractivity contribution in [3.63, 3.8) is 0 Å². The quantitative estimate of drug-likeness (QED) is 0.310. The van der Waals surface area contributed by atoms with E-state index in [0.717, 1.165) is 77.0 Å². The van der Waals surface area contributed by atoms with Crippen LogP contribution in [0.3, 0.4) is 0 Å².